The lowest BCUT2D eigenvalue weighted by molar-refractivity contribution is 0.308. The Kier molecular flexibility index (Phi) is 5.25. The Bertz CT molecular complexity index is 881. The number of rotatable bonds is 5. The lowest BCUT2D eigenvalue weighted by Gasteiger charge is -2.40. The lowest BCUT2D eigenvalue weighted by Crippen LogP contribution is -2.13. The smallest absolute Gasteiger partial charge is 0.205 e. The van der Waals surface area contributed by atoms with Gasteiger partial charge in [0.25, 0.3) is 0 Å². The van der Waals surface area contributed by atoms with E-state index in [0.29, 0.717) is 11.8 Å². The van der Waals surface area contributed by atoms with Crippen molar-refractivity contribution in [1.29, 1.82) is 0 Å². The molecule has 0 bridgehead atoms. The molecule has 0 amide bonds. The van der Waals surface area contributed by atoms with Gasteiger partial charge in [0, 0.05) is 5.56 Å². The van der Waals surface area contributed by atoms with Crippen molar-refractivity contribution < 1.29 is 28.2 Å². The summed E-state index contributed by atoms with van der Waals surface area (Å²) in [4.78, 5) is -3.08. The molecule has 0 radical (unpaired) electrons. The van der Waals surface area contributed by atoms with Crippen molar-refractivity contribution in [3.63, 3.8) is 0 Å². The molecule has 2 aromatic carbocycles. The van der Waals surface area contributed by atoms with Gasteiger partial charge in [-0.1, -0.05) is 63.5 Å². The van der Waals surface area contributed by atoms with E-state index >= 15 is 0 Å². The van der Waals surface area contributed by atoms with Gasteiger partial charge < -0.3 is 0 Å². The fourth-order valence-corrected chi connectivity index (χ4v) is 5.12. The van der Waals surface area contributed by atoms with E-state index in [1.165, 1.54) is 18.6 Å². The fourth-order valence-electron chi connectivity index (χ4n) is 4.24. The average Bonchev–Trinajstić information content (AvgIpc) is 2.61. The topological polar surface area (TPSA) is 0 Å². The van der Waals surface area contributed by atoms with E-state index in [-0.39, 0.29) is 11.6 Å². The van der Waals surface area contributed by atoms with Gasteiger partial charge in [0.1, 0.15) is 5.82 Å². The van der Waals surface area contributed by atoms with Gasteiger partial charge in [-0.3, -0.25) is 0 Å². The highest BCUT2D eigenvalue weighted by molar-refractivity contribution is 8.45. The molecule has 1 saturated carbocycles. The van der Waals surface area contributed by atoms with Gasteiger partial charge in [-0.15, -0.1) is 0 Å². The summed E-state index contributed by atoms with van der Waals surface area (Å²) >= 11 is 0. The summed E-state index contributed by atoms with van der Waals surface area (Å²) in [5.74, 6) is -3.56. The van der Waals surface area contributed by atoms with Crippen molar-refractivity contribution in [1.82, 2.24) is 0 Å². The quantitative estimate of drug-likeness (QED) is 0.406. The summed E-state index contributed by atoms with van der Waals surface area (Å²) in [6.45, 7) is 2.15. The van der Waals surface area contributed by atoms with Gasteiger partial charge in [-0.25, -0.2) is 8.78 Å². The van der Waals surface area contributed by atoms with E-state index in [4.69, 9.17) is 0 Å². The van der Waals surface area contributed by atoms with Crippen LogP contribution in [0, 0.1) is 17.6 Å². The third-order valence-electron chi connectivity index (χ3n) is 5.67. The Labute approximate surface area is 165 Å². The Balaban J connectivity index is 1.88. The summed E-state index contributed by atoms with van der Waals surface area (Å²) in [5, 5.41) is 0. The van der Waals surface area contributed by atoms with E-state index < -0.39 is 32.3 Å². The first-order chi connectivity index (χ1) is 13.3. The Morgan fingerprint density at radius 1 is 0.828 bits per heavy atom. The zero-order valence-electron chi connectivity index (χ0n) is 15.9. The first-order valence-corrected chi connectivity index (χ1v) is 11.6. The van der Waals surface area contributed by atoms with E-state index in [9.17, 15) is 28.2 Å². The van der Waals surface area contributed by atoms with Crippen LogP contribution in [0.25, 0.3) is 11.1 Å². The normalized spacial score (nSPS) is 22.8. The maximum atomic E-state index is 14.4. The van der Waals surface area contributed by atoms with Gasteiger partial charge in [0.05, 0.1) is 0 Å². The zero-order chi connectivity index (χ0) is 21.5. The first-order valence-electron chi connectivity index (χ1n) is 9.62. The van der Waals surface area contributed by atoms with Crippen LogP contribution in [0.2, 0.25) is 0 Å². The molecule has 1 aliphatic rings. The molecule has 0 spiro atoms. The highest BCUT2D eigenvalue weighted by Crippen LogP contribution is 3.02. The van der Waals surface area contributed by atoms with Crippen LogP contribution in [-0.2, 0) is 0 Å². The molecule has 0 nitrogen and oxygen atoms in total. The summed E-state index contributed by atoms with van der Waals surface area (Å²) < 4.78 is 93.3. The summed E-state index contributed by atoms with van der Waals surface area (Å²) in [5.41, 5.74) is 0.279. The molecular weight excluding hydrogens is 417 g/mol. The summed E-state index contributed by atoms with van der Waals surface area (Å²) in [6.07, 6.45) is 6.57. The van der Waals surface area contributed by atoms with Gasteiger partial charge in [-0.05, 0) is 60.8 Å². The van der Waals surface area contributed by atoms with Crippen LogP contribution < -0.4 is 0 Å². The van der Waals surface area contributed by atoms with Gasteiger partial charge >= 0.3 is 10.2 Å². The highest BCUT2D eigenvalue weighted by Gasteiger charge is 2.69. The minimum Gasteiger partial charge on any atom is -0.205 e. The fraction of sp³-hybridized carbons (Fsp3) is 0.429. The van der Waals surface area contributed by atoms with Crippen molar-refractivity contribution in [3.8, 4) is 11.1 Å². The van der Waals surface area contributed by atoms with Crippen molar-refractivity contribution in [2.75, 3.05) is 0 Å². The van der Waals surface area contributed by atoms with Gasteiger partial charge in [-0.2, -0.15) is 0 Å². The molecule has 0 unspecified atom stereocenters. The molecular formula is C21H23F7S. The third kappa shape index (κ3) is 4.90. The Morgan fingerprint density at radius 2 is 1.41 bits per heavy atom. The minimum absolute atomic E-state index is 0.00554. The van der Waals surface area contributed by atoms with Crippen molar-refractivity contribution in [2.24, 2.45) is 5.92 Å². The van der Waals surface area contributed by atoms with Crippen molar-refractivity contribution in [2.45, 2.75) is 56.3 Å². The van der Waals surface area contributed by atoms with Crippen LogP contribution in [0.15, 0.2) is 41.3 Å². The number of halogens is 7. The van der Waals surface area contributed by atoms with E-state index in [1.807, 2.05) is 0 Å². The van der Waals surface area contributed by atoms with E-state index in [2.05, 4.69) is 6.92 Å². The van der Waals surface area contributed by atoms with E-state index in [0.717, 1.165) is 43.7 Å². The maximum absolute atomic E-state index is 14.4. The van der Waals surface area contributed by atoms with E-state index in [1.54, 1.807) is 12.1 Å². The summed E-state index contributed by atoms with van der Waals surface area (Å²) in [7, 11) is -10.5. The Morgan fingerprint density at radius 3 is 1.93 bits per heavy atom. The molecule has 162 valence electrons. The molecule has 3 rings (SSSR count). The van der Waals surface area contributed by atoms with Gasteiger partial charge in [0.15, 0.2) is 10.7 Å². The number of hydrogen-bond donors (Lipinski definition) is 0. The maximum Gasteiger partial charge on any atom is 0.315 e. The predicted molar refractivity (Wildman–Crippen MR) is 103 cm³/mol. The zero-order valence-corrected chi connectivity index (χ0v) is 16.7. The van der Waals surface area contributed by atoms with Crippen LogP contribution in [0.5, 0.6) is 0 Å². The second-order valence-corrected chi connectivity index (χ2v) is 10.2. The van der Waals surface area contributed by atoms with Crippen LogP contribution in [0.4, 0.5) is 28.2 Å². The molecule has 1 fully saturated rings. The molecule has 0 aliphatic heterocycles. The third-order valence-corrected chi connectivity index (χ3v) is 6.82. The largest absolute Gasteiger partial charge is 0.315 e. The molecule has 0 saturated heterocycles. The molecule has 0 N–H and O–H groups in total. The van der Waals surface area contributed by atoms with Gasteiger partial charge in [0.2, 0.25) is 0 Å². The molecule has 8 heteroatoms. The molecule has 0 atom stereocenters. The monoisotopic (exact) mass is 440 g/mol. The molecule has 1 aliphatic carbocycles. The molecule has 0 aromatic heterocycles. The number of hydrogen-bond acceptors (Lipinski definition) is 0. The SMILES string of the molecule is CCCC1CCC(c2ccc(-c3ccc(F)c(S(F)(F)(F)(F)F)c3F)cc2)CC1. The summed E-state index contributed by atoms with van der Waals surface area (Å²) in [6, 6.07) is 7.15. The second-order valence-electron chi connectivity index (χ2n) is 7.84. The van der Waals surface area contributed by atoms with Crippen molar-refractivity contribution >= 4 is 10.2 Å². The standard InChI is InChI=1S/C21H23F7S/c1-2-3-14-4-6-15(7-5-14)16-8-10-17(11-9-16)18-12-13-19(22)21(20(18)23)29(24,25,26,27)28/h8-15H,2-7H2,1H3. The van der Waals surface area contributed by atoms with Crippen LogP contribution in [0.1, 0.15) is 56.9 Å². The molecule has 29 heavy (non-hydrogen) atoms. The lowest BCUT2D eigenvalue weighted by atomic mass is 9.77. The van der Waals surface area contributed by atoms with Crippen molar-refractivity contribution in [3.05, 3.63) is 53.6 Å². The average molecular weight is 440 g/mol. The second kappa shape index (κ2) is 6.93. The number of benzene rings is 2. The van der Waals surface area contributed by atoms with Crippen LogP contribution in [0.3, 0.4) is 0 Å². The van der Waals surface area contributed by atoms with Crippen LogP contribution in [-0.4, -0.2) is 0 Å². The molecule has 2 aromatic rings. The highest BCUT2D eigenvalue weighted by atomic mass is 32.5. The molecule has 0 heterocycles. The predicted octanol–water partition coefficient (Wildman–Crippen LogP) is 9.36. The minimum atomic E-state index is -10.5. The first kappa shape index (κ1) is 22.0. The van der Waals surface area contributed by atoms with Crippen LogP contribution >= 0.6 is 10.2 Å². The Hall–Kier alpha value is -1.70.